The van der Waals surface area contributed by atoms with Gasteiger partial charge in [-0.15, -0.1) is 0 Å². The molecule has 2 aromatic carbocycles. The lowest BCUT2D eigenvalue weighted by atomic mass is 10.2. The van der Waals surface area contributed by atoms with Crippen LogP contribution in [0.1, 0.15) is 11.1 Å². The predicted octanol–water partition coefficient (Wildman–Crippen LogP) is 2.65. The van der Waals surface area contributed by atoms with Crippen LogP contribution in [0.2, 0.25) is 0 Å². The number of benzene rings is 2. The number of nitrogens with zero attached hydrogens (tertiary/aromatic N) is 1. The Labute approximate surface area is 123 Å². The van der Waals surface area contributed by atoms with Crippen LogP contribution in [-0.4, -0.2) is 12.4 Å². The molecule has 3 rings (SSSR count). The molecule has 108 valence electrons. The van der Waals surface area contributed by atoms with Gasteiger partial charge in [-0.05, 0) is 30.7 Å². The lowest BCUT2D eigenvalue weighted by Gasteiger charge is -2.07. The molecule has 5 heteroatoms. The van der Waals surface area contributed by atoms with Crippen molar-refractivity contribution in [2.45, 2.75) is 18.4 Å². The van der Waals surface area contributed by atoms with E-state index in [4.69, 9.17) is 5.73 Å². The number of fused-ring (bicyclic) bond motifs is 1. The van der Waals surface area contributed by atoms with Gasteiger partial charge in [0.25, 0.3) is 10.0 Å². The second-order valence-electron chi connectivity index (χ2n) is 4.99. The maximum atomic E-state index is 12.8. The summed E-state index contributed by atoms with van der Waals surface area (Å²) in [7, 11) is -3.61. The van der Waals surface area contributed by atoms with Gasteiger partial charge < -0.3 is 5.73 Å². The molecule has 21 heavy (non-hydrogen) atoms. The average Bonchev–Trinajstić information content (AvgIpc) is 2.87. The summed E-state index contributed by atoms with van der Waals surface area (Å²) >= 11 is 0. The first-order chi connectivity index (χ1) is 10.0. The summed E-state index contributed by atoms with van der Waals surface area (Å²) in [5.74, 6) is 0. The Morgan fingerprint density at radius 1 is 1.05 bits per heavy atom. The van der Waals surface area contributed by atoms with E-state index < -0.39 is 10.0 Å². The van der Waals surface area contributed by atoms with E-state index in [9.17, 15) is 8.42 Å². The Bertz CT molecular complexity index is 894. The molecule has 0 aliphatic carbocycles. The number of nitrogens with two attached hydrogens (primary N) is 1. The van der Waals surface area contributed by atoms with Crippen LogP contribution >= 0.6 is 0 Å². The first kappa shape index (κ1) is 13.9. The zero-order valence-electron chi connectivity index (χ0n) is 11.7. The molecular formula is C16H16N2O2S. The van der Waals surface area contributed by atoms with E-state index in [1.807, 2.05) is 25.1 Å². The van der Waals surface area contributed by atoms with Gasteiger partial charge in [-0.3, -0.25) is 0 Å². The van der Waals surface area contributed by atoms with E-state index in [0.29, 0.717) is 12.1 Å². The van der Waals surface area contributed by atoms with E-state index in [1.165, 1.54) is 3.97 Å². The van der Waals surface area contributed by atoms with Crippen molar-refractivity contribution in [1.29, 1.82) is 0 Å². The molecule has 1 heterocycles. The summed E-state index contributed by atoms with van der Waals surface area (Å²) in [5, 5.41) is 0.871. The van der Waals surface area contributed by atoms with Crippen molar-refractivity contribution in [3.8, 4) is 0 Å². The van der Waals surface area contributed by atoms with Gasteiger partial charge in [0.2, 0.25) is 0 Å². The predicted molar refractivity (Wildman–Crippen MR) is 83.6 cm³/mol. The summed E-state index contributed by atoms with van der Waals surface area (Å²) < 4.78 is 26.9. The number of rotatable bonds is 3. The number of aryl methyl sites for hydroxylation is 1. The largest absolute Gasteiger partial charge is 0.326 e. The fourth-order valence-corrected chi connectivity index (χ4v) is 3.79. The average molecular weight is 300 g/mol. The van der Waals surface area contributed by atoms with E-state index in [0.717, 1.165) is 16.5 Å². The normalized spacial score (nSPS) is 11.9. The fourth-order valence-electron chi connectivity index (χ4n) is 2.40. The van der Waals surface area contributed by atoms with Gasteiger partial charge in [0.15, 0.2) is 0 Å². The molecule has 0 amide bonds. The fraction of sp³-hybridized carbons (Fsp3) is 0.125. The molecule has 4 nitrogen and oxygen atoms in total. The summed E-state index contributed by atoms with van der Waals surface area (Å²) in [4.78, 5) is 0.275. The molecule has 3 aromatic rings. The molecule has 0 fully saturated rings. The standard InChI is InChI=1S/C16H16N2O2S/c1-12-6-8-14(9-7-12)21(19,20)18-11-13(10-17)15-4-2-3-5-16(15)18/h2-9,11H,10,17H2,1H3. The Balaban J connectivity index is 2.26. The Hall–Kier alpha value is -2.11. The minimum atomic E-state index is -3.61. The summed E-state index contributed by atoms with van der Waals surface area (Å²) in [6.07, 6.45) is 1.61. The zero-order chi connectivity index (χ0) is 15.0. The smallest absolute Gasteiger partial charge is 0.268 e. The summed E-state index contributed by atoms with van der Waals surface area (Å²) in [6.45, 7) is 2.23. The molecule has 0 spiro atoms. The highest BCUT2D eigenvalue weighted by Crippen LogP contribution is 2.25. The van der Waals surface area contributed by atoms with Crippen molar-refractivity contribution in [1.82, 2.24) is 3.97 Å². The Morgan fingerprint density at radius 3 is 2.38 bits per heavy atom. The van der Waals surface area contributed by atoms with Crippen LogP contribution in [0.3, 0.4) is 0 Å². The van der Waals surface area contributed by atoms with E-state index in [1.54, 1.807) is 36.5 Å². The van der Waals surface area contributed by atoms with E-state index >= 15 is 0 Å². The first-order valence-electron chi connectivity index (χ1n) is 6.65. The number of aromatic nitrogens is 1. The second kappa shape index (κ2) is 5.02. The van der Waals surface area contributed by atoms with Crippen LogP contribution in [0.4, 0.5) is 0 Å². The third kappa shape index (κ3) is 2.24. The monoisotopic (exact) mass is 300 g/mol. The maximum Gasteiger partial charge on any atom is 0.268 e. The maximum absolute atomic E-state index is 12.8. The van der Waals surface area contributed by atoms with Crippen molar-refractivity contribution in [3.63, 3.8) is 0 Å². The molecule has 0 atom stereocenters. The number of hydrogen-bond acceptors (Lipinski definition) is 3. The molecule has 0 aliphatic rings. The molecular weight excluding hydrogens is 284 g/mol. The van der Waals surface area contributed by atoms with Gasteiger partial charge in [-0.25, -0.2) is 12.4 Å². The highest BCUT2D eigenvalue weighted by Gasteiger charge is 2.20. The molecule has 0 saturated carbocycles. The quantitative estimate of drug-likeness (QED) is 0.808. The van der Waals surface area contributed by atoms with Gasteiger partial charge in [-0.1, -0.05) is 35.9 Å². The lowest BCUT2D eigenvalue weighted by Crippen LogP contribution is -2.11. The molecule has 1 aromatic heterocycles. The van der Waals surface area contributed by atoms with Crippen molar-refractivity contribution in [2.24, 2.45) is 5.73 Å². The molecule has 0 saturated heterocycles. The van der Waals surface area contributed by atoms with Gasteiger partial charge >= 0.3 is 0 Å². The lowest BCUT2D eigenvalue weighted by molar-refractivity contribution is 0.589. The first-order valence-corrected chi connectivity index (χ1v) is 8.09. The minimum absolute atomic E-state index is 0.275. The molecule has 2 N–H and O–H groups in total. The second-order valence-corrected chi connectivity index (χ2v) is 6.80. The Kier molecular flexibility index (Phi) is 3.31. The van der Waals surface area contributed by atoms with Crippen molar-refractivity contribution >= 4 is 20.9 Å². The van der Waals surface area contributed by atoms with E-state index in [-0.39, 0.29) is 4.90 Å². The van der Waals surface area contributed by atoms with Crippen molar-refractivity contribution in [2.75, 3.05) is 0 Å². The van der Waals surface area contributed by atoms with Crippen LogP contribution in [0, 0.1) is 6.92 Å². The van der Waals surface area contributed by atoms with E-state index in [2.05, 4.69) is 0 Å². The topological polar surface area (TPSA) is 65.1 Å². The highest BCUT2D eigenvalue weighted by molar-refractivity contribution is 7.90. The third-order valence-corrected chi connectivity index (χ3v) is 5.25. The third-order valence-electron chi connectivity index (χ3n) is 3.56. The summed E-state index contributed by atoms with van der Waals surface area (Å²) in [6, 6.07) is 14.2. The zero-order valence-corrected chi connectivity index (χ0v) is 12.5. The minimum Gasteiger partial charge on any atom is -0.326 e. The van der Waals surface area contributed by atoms with Crippen molar-refractivity contribution in [3.05, 3.63) is 65.9 Å². The molecule has 0 unspecified atom stereocenters. The van der Waals surface area contributed by atoms with Crippen LogP contribution in [0.25, 0.3) is 10.9 Å². The van der Waals surface area contributed by atoms with Gasteiger partial charge in [0, 0.05) is 18.1 Å². The van der Waals surface area contributed by atoms with Gasteiger partial charge in [0.05, 0.1) is 10.4 Å². The highest BCUT2D eigenvalue weighted by atomic mass is 32.2. The molecule has 0 bridgehead atoms. The van der Waals surface area contributed by atoms with Gasteiger partial charge in [-0.2, -0.15) is 0 Å². The number of para-hydroxylation sites is 1. The van der Waals surface area contributed by atoms with Crippen LogP contribution in [-0.2, 0) is 16.6 Å². The number of hydrogen-bond donors (Lipinski definition) is 1. The van der Waals surface area contributed by atoms with Crippen LogP contribution < -0.4 is 5.73 Å². The summed E-state index contributed by atoms with van der Waals surface area (Å²) in [5.41, 5.74) is 8.22. The SMILES string of the molecule is Cc1ccc(S(=O)(=O)n2cc(CN)c3ccccc32)cc1. The van der Waals surface area contributed by atoms with Crippen LogP contribution in [0.15, 0.2) is 59.6 Å². The molecule has 0 radical (unpaired) electrons. The van der Waals surface area contributed by atoms with Crippen molar-refractivity contribution < 1.29 is 8.42 Å². The Morgan fingerprint density at radius 2 is 1.71 bits per heavy atom. The van der Waals surface area contributed by atoms with Gasteiger partial charge in [0.1, 0.15) is 0 Å². The molecule has 0 aliphatic heterocycles. The van der Waals surface area contributed by atoms with Crippen LogP contribution in [0.5, 0.6) is 0 Å².